The van der Waals surface area contributed by atoms with Crippen LogP contribution < -0.4 is 5.32 Å². The van der Waals surface area contributed by atoms with Gasteiger partial charge in [-0.25, -0.2) is 0 Å². The van der Waals surface area contributed by atoms with Crippen LogP contribution in [0, 0.1) is 0 Å². The smallest absolute Gasteiger partial charge is 0.321 e. The van der Waals surface area contributed by atoms with Crippen molar-refractivity contribution >= 4 is 23.2 Å². The highest BCUT2D eigenvalue weighted by atomic mass is 35.5. The summed E-state index contributed by atoms with van der Waals surface area (Å²) in [5.41, 5.74) is -0.184. The van der Waals surface area contributed by atoms with Gasteiger partial charge in [-0.15, -0.1) is 11.6 Å². The zero-order valence-electron chi connectivity index (χ0n) is 10.7. The third-order valence-electron chi connectivity index (χ3n) is 2.82. The summed E-state index contributed by atoms with van der Waals surface area (Å²) >= 11 is 5.67. The van der Waals surface area contributed by atoms with Crippen LogP contribution >= 0.6 is 11.6 Å². The number of hydrogen-bond donors (Lipinski definition) is 1. The van der Waals surface area contributed by atoms with Gasteiger partial charge in [0.2, 0.25) is 0 Å². The lowest BCUT2D eigenvalue weighted by atomic mass is 10.1. The van der Waals surface area contributed by atoms with Crippen molar-refractivity contribution in [1.29, 1.82) is 0 Å². The van der Waals surface area contributed by atoms with Crippen molar-refractivity contribution < 1.29 is 18.0 Å². The molecule has 1 N–H and O–H groups in total. The maximum Gasteiger partial charge on any atom is 0.418 e. The molecule has 2 nitrogen and oxygen atoms in total. The van der Waals surface area contributed by atoms with Crippen molar-refractivity contribution in [3.8, 4) is 0 Å². The lowest BCUT2D eigenvalue weighted by Gasteiger charge is -2.13. The number of anilines is 1. The molecule has 1 amide bonds. The van der Waals surface area contributed by atoms with Gasteiger partial charge in [-0.1, -0.05) is 24.3 Å². The van der Waals surface area contributed by atoms with E-state index in [1.165, 1.54) is 24.3 Å². The number of carbonyl (C=O) groups is 1. The number of carbonyl (C=O) groups excluding carboxylic acids is 1. The standard InChI is InChI=1S/C15H11ClF3NO/c16-9-10-4-3-5-11(8-10)14(21)20-13-7-2-1-6-12(13)15(17,18)19/h1-8H,9H2,(H,20,21). The van der Waals surface area contributed by atoms with Crippen LogP contribution in [0.4, 0.5) is 18.9 Å². The summed E-state index contributed by atoms with van der Waals surface area (Å²) in [6.45, 7) is 0. The molecule has 0 saturated heterocycles. The Morgan fingerprint density at radius 3 is 2.48 bits per heavy atom. The molecule has 0 saturated carbocycles. The Labute approximate surface area is 124 Å². The summed E-state index contributed by atoms with van der Waals surface area (Å²) in [5.74, 6) is -0.390. The number of benzene rings is 2. The van der Waals surface area contributed by atoms with Crippen LogP contribution in [0.5, 0.6) is 0 Å². The lowest BCUT2D eigenvalue weighted by Crippen LogP contribution is -2.16. The fourth-order valence-corrected chi connectivity index (χ4v) is 2.00. The van der Waals surface area contributed by atoms with E-state index in [1.807, 2.05) is 0 Å². The third-order valence-corrected chi connectivity index (χ3v) is 3.13. The van der Waals surface area contributed by atoms with E-state index in [4.69, 9.17) is 11.6 Å². The van der Waals surface area contributed by atoms with E-state index in [-0.39, 0.29) is 17.1 Å². The lowest BCUT2D eigenvalue weighted by molar-refractivity contribution is -0.136. The van der Waals surface area contributed by atoms with E-state index in [9.17, 15) is 18.0 Å². The molecule has 0 aromatic heterocycles. The predicted octanol–water partition coefficient (Wildman–Crippen LogP) is 4.70. The molecular weight excluding hydrogens is 303 g/mol. The van der Waals surface area contributed by atoms with Gasteiger partial charge in [-0.3, -0.25) is 4.79 Å². The van der Waals surface area contributed by atoms with Gasteiger partial charge < -0.3 is 5.32 Å². The molecule has 2 aromatic rings. The number of alkyl halides is 4. The first-order valence-corrected chi connectivity index (χ1v) is 6.58. The molecule has 2 rings (SSSR count). The predicted molar refractivity (Wildman–Crippen MR) is 75.4 cm³/mol. The van der Waals surface area contributed by atoms with Gasteiger partial charge in [0, 0.05) is 11.4 Å². The monoisotopic (exact) mass is 313 g/mol. The second-order valence-electron chi connectivity index (χ2n) is 4.33. The zero-order valence-corrected chi connectivity index (χ0v) is 11.5. The minimum absolute atomic E-state index is 0.222. The number of para-hydroxylation sites is 1. The normalized spacial score (nSPS) is 11.2. The molecule has 0 bridgehead atoms. The van der Waals surface area contributed by atoms with Gasteiger partial charge in [0.25, 0.3) is 5.91 Å². The van der Waals surface area contributed by atoms with E-state index in [0.717, 1.165) is 6.07 Å². The molecule has 6 heteroatoms. The molecule has 0 aliphatic rings. The molecule has 0 unspecified atom stereocenters. The van der Waals surface area contributed by atoms with Gasteiger partial charge in [-0.05, 0) is 29.8 Å². The summed E-state index contributed by atoms with van der Waals surface area (Å²) in [7, 11) is 0. The third kappa shape index (κ3) is 3.76. The van der Waals surface area contributed by atoms with E-state index in [0.29, 0.717) is 5.56 Å². The zero-order chi connectivity index (χ0) is 15.5. The Bertz CT molecular complexity index is 655. The highest BCUT2D eigenvalue weighted by Crippen LogP contribution is 2.34. The van der Waals surface area contributed by atoms with Crippen molar-refractivity contribution in [3.05, 3.63) is 65.2 Å². The van der Waals surface area contributed by atoms with Crippen LogP contribution in [-0.2, 0) is 12.1 Å². The molecule has 0 radical (unpaired) electrons. The second-order valence-corrected chi connectivity index (χ2v) is 4.60. The van der Waals surface area contributed by atoms with Crippen LogP contribution in [0.25, 0.3) is 0 Å². The number of halogens is 4. The summed E-state index contributed by atoms with van der Waals surface area (Å²) in [6, 6.07) is 11.2. The van der Waals surface area contributed by atoms with Crippen molar-refractivity contribution in [2.45, 2.75) is 12.1 Å². The van der Waals surface area contributed by atoms with Crippen LogP contribution in [0.1, 0.15) is 21.5 Å². The molecule has 110 valence electrons. The van der Waals surface area contributed by atoms with E-state index in [2.05, 4.69) is 5.32 Å². The van der Waals surface area contributed by atoms with E-state index in [1.54, 1.807) is 18.2 Å². The largest absolute Gasteiger partial charge is 0.418 e. The topological polar surface area (TPSA) is 29.1 Å². The molecule has 0 aliphatic carbocycles. The van der Waals surface area contributed by atoms with Crippen molar-refractivity contribution in [3.63, 3.8) is 0 Å². The molecule has 2 aromatic carbocycles. The van der Waals surface area contributed by atoms with Gasteiger partial charge in [-0.2, -0.15) is 13.2 Å². The molecule has 0 fully saturated rings. The average molecular weight is 314 g/mol. The Kier molecular flexibility index (Phi) is 4.53. The molecule has 0 spiro atoms. The minimum Gasteiger partial charge on any atom is -0.321 e. The van der Waals surface area contributed by atoms with E-state index >= 15 is 0 Å². The first kappa shape index (κ1) is 15.4. The van der Waals surface area contributed by atoms with Crippen molar-refractivity contribution in [2.75, 3.05) is 5.32 Å². The summed E-state index contributed by atoms with van der Waals surface area (Å²) in [5, 5.41) is 2.28. The SMILES string of the molecule is O=C(Nc1ccccc1C(F)(F)F)c1cccc(CCl)c1. The van der Waals surface area contributed by atoms with Crippen molar-refractivity contribution in [2.24, 2.45) is 0 Å². The Hall–Kier alpha value is -2.01. The van der Waals surface area contributed by atoms with Crippen LogP contribution in [0.15, 0.2) is 48.5 Å². The second kappa shape index (κ2) is 6.18. The molecule has 0 heterocycles. The molecular formula is C15H11ClF3NO. The number of nitrogens with one attached hydrogen (secondary N) is 1. The molecule has 0 atom stereocenters. The molecule has 0 aliphatic heterocycles. The van der Waals surface area contributed by atoms with E-state index < -0.39 is 17.6 Å². The number of rotatable bonds is 3. The fraction of sp³-hybridized carbons (Fsp3) is 0.133. The summed E-state index contributed by atoms with van der Waals surface area (Å²) in [6.07, 6.45) is -4.53. The van der Waals surface area contributed by atoms with Crippen molar-refractivity contribution in [1.82, 2.24) is 0 Å². The van der Waals surface area contributed by atoms with Crippen LogP contribution in [0.2, 0.25) is 0 Å². The molecule has 21 heavy (non-hydrogen) atoms. The van der Waals surface area contributed by atoms with Gasteiger partial charge >= 0.3 is 6.18 Å². The summed E-state index contributed by atoms with van der Waals surface area (Å²) < 4.78 is 38.6. The first-order chi connectivity index (χ1) is 9.91. The first-order valence-electron chi connectivity index (χ1n) is 6.04. The number of amides is 1. The fourth-order valence-electron chi connectivity index (χ4n) is 1.83. The Morgan fingerprint density at radius 1 is 1.10 bits per heavy atom. The minimum atomic E-state index is -4.53. The van der Waals surface area contributed by atoms with Gasteiger partial charge in [0.1, 0.15) is 0 Å². The summed E-state index contributed by atoms with van der Waals surface area (Å²) in [4.78, 5) is 12.0. The number of hydrogen-bond acceptors (Lipinski definition) is 1. The average Bonchev–Trinajstić information content (AvgIpc) is 2.46. The van der Waals surface area contributed by atoms with Crippen LogP contribution in [-0.4, -0.2) is 5.91 Å². The van der Waals surface area contributed by atoms with Gasteiger partial charge in [0.05, 0.1) is 11.3 Å². The van der Waals surface area contributed by atoms with Crippen LogP contribution in [0.3, 0.4) is 0 Å². The maximum atomic E-state index is 12.9. The maximum absolute atomic E-state index is 12.9. The highest BCUT2D eigenvalue weighted by molar-refractivity contribution is 6.17. The van der Waals surface area contributed by atoms with Gasteiger partial charge in [0.15, 0.2) is 0 Å². The quantitative estimate of drug-likeness (QED) is 0.818. The highest BCUT2D eigenvalue weighted by Gasteiger charge is 2.33. The Morgan fingerprint density at radius 2 is 1.81 bits per heavy atom. The Balaban J connectivity index is 2.28.